The van der Waals surface area contributed by atoms with E-state index in [2.05, 4.69) is 0 Å². The fourth-order valence-corrected chi connectivity index (χ4v) is 2.09. The molecule has 1 aromatic carbocycles. The first-order valence-corrected chi connectivity index (χ1v) is 6.00. The minimum Gasteiger partial charge on any atom is -0.507 e. The lowest BCUT2D eigenvalue weighted by Gasteiger charge is -2.35. The molecular formula is C13H16FNO3. The highest BCUT2D eigenvalue weighted by Gasteiger charge is 2.28. The molecule has 0 radical (unpaired) electrons. The molecule has 1 fully saturated rings. The molecular weight excluding hydrogens is 237 g/mol. The van der Waals surface area contributed by atoms with Crippen molar-refractivity contribution in [3.8, 4) is 5.75 Å². The standard InChI is InChI=1S/C13H16FNO3/c1-2-10-8-18-6-5-15(10)13(17)11-7-9(14)3-4-12(11)16/h3-4,7,10,16H,2,5-6,8H2,1H3. The Kier molecular flexibility index (Phi) is 3.81. The van der Waals surface area contributed by atoms with Crippen LogP contribution in [0.1, 0.15) is 23.7 Å². The molecule has 98 valence electrons. The van der Waals surface area contributed by atoms with Gasteiger partial charge in [-0.1, -0.05) is 6.92 Å². The third-order valence-electron chi connectivity index (χ3n) is 3.15. The quantitative estimate of drug-likeness (QED) is 0.874. The van der Waals surface area contributed by atoms with Gasteiger partial charge in [0.15, 0.2) is 0 Å². The summed E-state index contributed by atoms with van der Waals surface area (Å²) in [5.74, 6) is -1.07. The molecule has 1 aliphatic heterocycles. The topological polar surface area (TPSA) is 49.8 Å². The van der Waals surface area contributed by atoms with E-state index in [1.165, 1.54) is 6.07 Å². The van der Waals surface area contributed by atoms with Gasteiger partial charge in [0.25, 0.3) is 5.91 Å². The molecule has 4 nitrogen and oxygen atoms in total. The molecule has 1 aliphatic rings. The first-order chi connectivity index (χ1) is 8.63. The molecule has 1 N–H and O–H groups in total. The number of phenols is 1. The molecule has 0 aliphatic carbocycles. The zero-order valence-electron chi connectivity index (χ0n) is 10.2. The van der Waals surface area contributed by atoms with E-state index in [1.807, 2.05) is 6.92 Å². The van der Waals surface area contributed by atoms with E-state index in [9.17, 15) is 14.3 Å². The maximum absolute atomic E-state index is 13.1. The monoisotopic (exact) mass is 253 g/mol. The van der Waals surface area contributed by atoms with Gasteiger partial charge in [0.1, 0.15) is 11.6 Å². The second-order valence-corrected chi connectivity index (χ2v) is 4.30. The summed E-state index contributed by atoms with van der Waals surface area (Å²) in [4.78, 5) is 13.9. The van der Waals surface area contributed by atoms with Crippen LogP contribution in [0.2, 0.25) is 0 Å². The van der Waals surface area contributed by atoms with Crippen LogP contribution in [0.5, 0.6) is 5.75 Å². The van der Waals surface area contributed by atoms with Gasteiger partial charge in [-0.3, -0.25) is 4.79 Å². The predicted octanol–water partition coefficient (Wildman–Crippen LogP) is 1.78. The smallest absolute Gasteiger partial charge is 0.258 e. The van der Waals surface area contributed by atoms with E-state index in [4.69, 9.17) is 4.74 Å². The van der Waals surface area contributed by atoms with Crippen LogP contribution < -0.4 is 0 Å². The summed E-state index contributed by atoms with van der Waals surface area (Å²) in [6.45, 7) is 3.38. The minimum atomic E-state index is -0.530. The molecule has 18 heavy (non-hydrogen) atoms. The van der Waals surface area contributed by atoms with Crippen molar-refractivity contribution in [2.24, 2.45) is 0 Å². The number of benzene rings is 1. The van der Waals surface area contributed by atoms with Gasteiger partial charge in [0.2, 0.25) is 0 Å². The van der Waals surface area contributed by atoms with Crippen molar-refractivity contribution in [1.82, 2.24) is 4.90 Å². The lowest BCUT2D eigenvalue weighted by molar-refractivity contribution is -0.00295. The van der Waals surface area contributed by atoms with Crippen molar-refractivity contribution in [3.63, 3.8) is 0 Å². The van der Waals surface area contributed by atoms with Crippen LogP contribution in [0.3, 0.4) is 0 Å². The SMILES string of the molecule is CCC1COCCN1C(=O)c1cc(F)ccc1O. The largest absolute Gasteiger partial charge is 0.507 e. The summed E-state index contributed by atoms with van der Waals surface area (Å²) in [5, 5.41) is 9.65. The Hall–Kier alpha value is -1.62. The number of rotatable bonds is 2. The van der Waals surface area contributed by atoms with Gasteiger partial charge >= 0.3 is 0 Å². The molecule has 1 heterocycles. The molecule has 1 unspecified atom stereocenters. The van der Waals surface area contributed by atoms with Crippen LogP contribution in [0, 0.1) is 5.82 Å². The van der Waals surface area contributed by atoms with Crippen LogP contribution in [-0.4, -0.2) is 41.7 Å². The van der Waals surface area contributed by atoms with E-state index < -0.39 is 5.82 Å². The maximum atomic E-state index is 13.1. The van der Waals surface area contributed by atoms with Crippen molar-refractivity contribution in [2.75, 3.05) is 19.8 Å². The fourth-order valence-electron chi connectivity index (χ4n) is 2.09. The second-order valence-electron chi connectivity index (χ2n) is 4.30. The summed E-state index contributed by atoms with van der Waals surface area (Å²) >= 11 is 0. The first-order valence-electron chi connectivity index (χ1n) is 6.00. The Labute approximate surface area is 105 Å². The number of nitrogens with zero attached hydrogens (tertiary/aromatic N) is 1. The summed E-state index contributed by atoms with van der Waals surface area (Å²) < 4.78 is 18.5. The van der Waals surface area contributed by atoms with Crippen molar-refractivity contribution in [2.45, 2.75) is 19.4 Å². The van der Waals surface area contributed by atoms with Gasteiger partial charge < -0.3 is 14.7 Å². The molecule has 5 heteroatoms. The summed E-state index contributed by atoms with van der Waals surface area (Å²) in [6, 6.07) is 3.38. The van der Waals surface area contributed by atoms with Gasteiger partial charge in [-0.2, -0.15) is 0 Å². The van der Waals surface area contributed by atoms with Crippen molar-refractivity contribution < 1.29 is 19.0 Å². The third kappa shape index (κ3) is 2.46. The van der Waals surface area contributed by atoms with Crippen LogP contribution >= 0.6 is 0 Å². The van der Waals surface area contributed by atoms with E-state index in [1.54, 1.807) is 4.90 Å². The Morgan fingerprint density at radius 2 is 2.39 bits per heavy atom. The van der Waals surface area contributed by atoms with Crippen molar-refractivity contribution in [3.05, 3.63) is 29.6 Å². The van der Waals surface area contributed by atoms with Gasteiger partial charge in [0.05, 0.1) is 24.8 Å². The van der Waals surface area contributed by atoms with Gasteiger partial charge in [0, 0.05) is 6.54 Å². The molecule has 0 spiro atoms. The Bertz CT molecular complexity index is 450. The highest BCUT2D eigenvalue weighted by Crippen LogP contribution is 2.22. The lowest BCUT2D eigenvalue weighted by atomic mass is 10.1. The lowest BCUT2D eigenvalue weighted by Crippen LogP contribution is -2.48. The summed E-state index contributed by atoms with van der Waals surface area (Å²) in [6.07, 6.45) is 0.766. The molecule has 0 bridgehead atoms. The molecule has 2 rings (SSSR count). The predicted molar refractivity (Wildman–Crippen MR) is 64.0 cm³/mol. The van der Waals surface area contributed by atoms with E-state index >= 15 is 0 Å². The Balaban J connectivity index is 2.26. The van der Waals surface area contributed by atoms with Gasteiger partial charge in [-0.05, 0) is 24.6 Å². The average Bonchev–Trinajstić information content (AvgIpc) is 2.40. The summed E-state index contributed by atoms with van der Waals surface area (Å²) in [7, 11) is 0. The maximum Gasteiger partial charge on any atom is 0.258 e. The third-order valence-corrected chi connectivity index (χ3v) is 3.15. The van der Waals surface area contributed by atoms with Gasteiger partial charge in [-0.15, -0.1) is 0 Å². The number of aromatic hydroxyl groups is 1. The molecule has 1 aromatic rings. The van der Waals surface area contributed by atoms with Crippen molar-refractivity contribution >= 4 is 5.91 Å². The Morgan fingerprint density at radius 1 is 1.61 bits per heavy atom. The summed E-state index contributed by atoms with van der Waals surface area (Å²) in [5.41, 5.74) is 0.00958. The number of carbonyl (C=O) groups is 1. The zero-order valence-corrected chi connectivity index (χ0v) is 10.2. The highest BCUT2D eigenvalue weighted by atomic mass is 19.1. The van der Waals surface area contributed by atoms with Crippen LogP contribution in [0.25, 0.3) is 0 Å². The average molecular weight is 253 g/mol. The number of hydrogen-bond donors (Lipinski definition) is 1. The molecule has 1 saturated heterocycles. The van der Waals surface area contributed by atoms with Crippen molar-refractivity contribution in [1.29, 1.82) is 0 Å². The number of halogens is 1. The number of hydrogen-bond acceptors (Lipinski definition) is 3. The minimum absolute atomic E-state index is 0.00958. The second kappa shape index (κ2) is 5.35. The molecule has 0 saturated carbocycles. The van der Waals surface area contributed by atoms with Crippen LogP contribution in [0.15, 0.2) is 18.2 Å². The number of carbonyl (C=O) groups excluding carboxylic acids is 1. The number of phenolic OH excluding ortho intramolecular Hbond substituents is 1. The number of morpholine rings is 1. The van der Waals surface area contributed by atoms with Crippen LogP contribution in [0.4, 0.5) is 4.39 Å². The van der Waals surface area contributed by atoms with E-state index in [0.29, 0.717) is 19.8 Å². The normalized spacial score (nSPS) is 19.9. The van der Waals surface area contributed by atoms with E-state index in [-0.39, 0.29) is 23.3 Å². The van der Waals surface area contributed by atoms with Gasteiger partial charge in [-0.25, -0.2) is 4.39 Å². The Morgan fingerprint density at radius 3 is 3.11 bits per heavy atom. The zero-order chi connectivity index (χ0) is 13.1. The number of amides is 1. The molecule has 1 amide bonds. The molecule has 1 atom stereocenters. The number of ether oxygens (including phenoxy) is 1. The fraction of sp³-hybridized carbons (Fsp3) is 0.462. The van der Waals surface area contributed by atoms with E-state index in [0.717, 1.165) is 18.6 Å². The highest BCUT2D eigenvalue weighted by molar-refractivity contribution is 5.97. The first kappa shape index (κ1) is 12.8. The molecule has 0 aromatic heterocycles. The van der Waals surface area contributed by atoms with Crippen LogP contribution in [-0.2, 0) is 4.74 Å².